The van der Waals surface area contributed by atoms with Crippen LogP contribution in [0.1, 0.15) is 10.6 Å². The van der Waals surface area contributed by atoms with Crippen molar-refractivity contribution in [3.8, 4) is 0 Å². The highest BCUT2D eigenvalue weighted by atomic mass is 32.1. The minimum atomic E-state index is -0.527. The molecule has 2 fully saturated rings. The van der Waals surface area contributed by atoms with Gasteiger partial charge in [-0.25, -0.2) is 0 Å². The molecule has 4 rings (SSSR count). The van der Waals surface area contributed by atoms with Crippen molar-refractivity contribution >= 4 is 40.7 Å². The van der Waals surface area contributed by atoms with Gasteiger partial charge in [0.1, 0.15) is 5.57 Å². The van der Waals surface area contributed by atoms with Crippen molar-refractivity contribution in [2.24, 2.45) is 0 Å². The molecule has 0 radical (unpaired) electrons. The maximum Gasteiger partial charge on any atom is 0.289 e. The van der Waals surface area contributed by atoms with Crippen LogP contribution in [0.5, 0.6) is 0 Å². The molecule has 1 aromatic carbocycles. The smallest absolute Gasteiger partial charge is 0.289 e. The molecular formula is C20H18N4O4S. The summed E-state index contributed by atoms with van der Waals surface area (Å²) in [6.07, 6.45) is 3.01. The topological polar surface area (TPSA) is 86.1 Å². The quantitative estimate of drug-likeness (QED) is 0.467. The van der Waals surface area contributed by atoms with Gasteiger partial charge in [0.25, 0.3) is 17.7 Å². The van der Waals surface area contributed by atoms with Crippen molar-refractivity contribution in [2.75, 3.05) is 31.1 Å². The molecule has 2 aliphatic rings. The summed E-state index contributed by atoms with van der Waals surface area (Å²) in [4.78, 5) is 42.5. The van der Waals surface area contributed by atoms with Crippen molar-refractivity contribution < 1.29 is 18.8 Å². The Morgan fingerprint density at radius 2 is 1.76 bits per heavy atom. The van der Waals surface area contributed by atoms with Crippen LogP contribution in [-0.2, 0) is 9.59 Å². The van der Waals surface area contributed by atoms with E-state index in [9.17, 15) is 14.4 Å². The van der Waals surface area contributed by atoms with Crippen molar-refractivity contribution in [1.82, 2.24) is 15.1 Å². The van der Waals surface area contributed by atoms with E-state index in [2.05, 4.69) is 5.32 Å². The standard InChI is InChI=1S/C20H18N4O4S/c25-17-15(18(26)24(20(29)21-17)14-5-2-1-3-6-14)13-22-8-10-23(11-9-22)19(27)16-7-4-12-28-16/h1-7,12-13H,8-11H2,(H,21,25,29). The first kappa shape index (κ1) is 18.9. The second-order valence-electron chi connectivity index (χ2n) is 6.58. The molecule has 0 unspecified atom stereocenters. The molecule has 1 N–H and O–H groups in total. The number of carbonyl (C=O) groups is 3. The van der Waals surface area contributed by atoms with Gasteiger partial charge < -0.3 is 14.2 Å². The lowest BCUT2D eigenvalue weighted by Crippen LogP contribution is -2.55. The molecule has 0 bridgehead atoms. The number of amides is 3. The maximum atomic E-state index is 13.0. The molecule has 3 heterocycles. The Hall–Kier alpha value is -3.46. The van der Waals surface area contributed by atoms with Crippen LogP contribution in [0.25, 0.3) is 0 Å². The molecule has 0 saturated carbocycles. The molecule has 3 amide bonds. The zero-order valence-electron chi connectivity index (χ0n) is 15.4. The fraction of sp³-hybridized carbons (Fsp3) is 0.200. The lowest BCUT2D eigenvalue weighted by Gasteiger charge is -2.35. The number of para-hydroxylation sites is 1. The van der Waals surface area contributed by atoms with Gasteiger partial charge in [0.15, 0.2) is 10.9 Å². The number of thiocarbonyl (C=S) groups is 1. The van der Waals surface area contributed by atoms with Gasteiger partial charge in [-0.1, -0.05) is 18.2 Å². The highest BCUT2D eigenvalue weighted by Crippen LogP contribution is 2.21. The molecular weight excluding hydrogens is 392 g/mol. The molecule has 148 valence electrons. The Morgan fingerprint density at radius 1 is 1.03 bits per heavy atom. The van der Waals surface area contributed by atoms with Gasteiger partial charge in [-0.15, -0.1) is 0 Å². The number of piperazine rings is 1. The number of benzene rings is 1. The third kappa shape index (κ3) is 3.77. The van der Waals surface area contributed by atoms with E-state index in [4.69, 9.17) is 16.6 Å². The first-order valence-electron chi connectivity index (χ1n) is 9.08. The number of nitrogens with one attached hydrogen (secondary N) is 1. The molecule has 8 nitrogen and oxygen atoms in total. The van der Waals surface area contributed by atoms with Crippen LogP contribution in [0.3, 0.4) is 0 Å². The Labute approximate surface area is 172 Å². The Morgan fingerprint density at radius 3 is 2.41 bits per heavy atom. The van der Waals surface area contributed by atoms with Gasteiger partial charge in [-0.2, -0.15) is 0 Å². The zero-order valence-corrected chi connectivity index (χ0v) is 16.2. The van der Waals surface area contributed by atoms with Gasteiger partial charge >= 0.3 is 0 Å². The number of nitrogens with zero attached hydrogens (tertiary/aromatic N) is 3. The fourth-order valence-electron chi connectivity index (χ4n) is 3.25. The van der Waals surface area contributed by atoms with E-state index in [0.29, 0.717) is 37.6 Å². The molecule has 0 aliphatic carbocycles. The summed E-state index contributed by atoms with van der Waals surface area (Å²) in [6.45, 7) is 1.90. The molecule has 1 aromatic heterocycles. The number of anilines is 1. The molecule has 2 saturated heterocycles. The highest BCUT2D eigenvalue weighted by Gasteiger charge is 2.35. The van der Waals surface area contributed by atoms with E-state index in [-0.39, 0.29) is 16.6 Å². The summed E-state index contributed by atoms with van der Waals surface area (Å²) in [5.74, 6) is -0.875. The SMILES string of the molecule is O=C1NC(=S)N(c2ccccc2)C(=O)C1=CN1CCN(C(=O)c2ccco2)CC1. The highest BCUT2D eigenvalue weighted by molar-refractivity contribution is 7.80. The first-order valence-corrected chi connectivity index (χ1v) is 9.49. The number of carbonyl (C=O) groups excluding carboxylic acids is 3. The lowest BCUT2D eigenvalue weighted by molar-refractivity contribution is -0.122. The van der Waals surface area contributed by atoms with Crippen LogP contribution in [0.4, 0.5) is 5.69 Å². The summed E-state index contributed by atoms with van der Waals surface area (Å²) in [6, 6.07) is 12.2. The third-order valence-corrected chi connectivity index (χ3v) is 5.05. The van der Waals surface area contributed by atoms with Gasteiger partial charge in [0.2, 0.25) is 0 Å². The Kier molecular flexibility index (Phi) is 5.13. The van der Waals surface area contributed by atoms with Crippen LogP contribution in [0.2, 0.25) is 0 Å². The third-order valence-electron chi connectivity index (χ3n) is 4.76. The monoisotopic (exact) mass is 410 g/mol. The van der Waals surface area contributed by atoms with Crippen molar-refractivity contribution in [3.05, 3.63) is 66.3 Å². The van der Waals surface area contributed by atoms with Crippen LogP contribution >= 0.6 is 12.2 Å². The summed E-state index contributed by atoms with van der Waals surface area (Å²) < 4.78 is 5.16. The maximum absolute atomic E-state index is 13.0. The minimum Gasteiger partial charge on any atom is -0.459 e. The van der Waals surface area contributed by atoms with E-state index in [1.165, 1.54) is 11.2 Å². The van der Waals surface area contributed by atoms with E-state index >= 15 is 0 Å². The predicted molar refractivity (Wildman–Crippen MR) is 109 cm³/mol. The van der Waals surface area contributed by atoms with Crippen LogP contribution in [-0.4, -0.2) is 58.8 Å². The second-order valence-corrected chi connectivity index (χ2v) is 6.97. The van der Waals surface area contributed by atoms with Gasteiger partial charge in [0, 0.05) is 32.4 Å². The number of furan rings is 1. The average molecular weight is 410 g/mol. The first-order chi connectivity index (χ1) is 14.0. The number of hydrogen-bond acceptors (Lipinski definition) is 6. The number of hydrogen-bond donors (Lipinski definition) is 1. The number of rotatable bonds is 3. The van der Waals surface area contributed by atoms with Gasteiger partial charge in [0.05, 0.1) is 12.0 Å². The van der Waals surface area contributed by atoms with Crippen molar-refractivity contribution in [3.63, 3.8) is 0 Å². The average Bonchev–Trinajstić information content (AvgIpc) is 3.27. The fourth-order valence-corrected chi connectivity index (χ4v) is 3.53. The zero-order chi connectivity index (χ0) is 20.4. The normalized spacial score (nSPS) is 19.0. The summed E-state index contributed by atoms with van der Waals surface area (Å²) in [7, 11) is 0. The van der Waals surface area contributed by atoms with Crippen molar-refractivity contribution in [1.29, 1.82) is 0 Å². The molecule has 0 atom stereocenters. The largest absolute Gasteiger partial charge is 0.459 e. The van der Waals surface area contributed by atoms with Crippen LogP contribution in [0.15, 0.2) is 64.9 Å². The Bertz CT molecular complexity index is 979. The van der Waals surface area contributed by atoms with Crippen molar-refractivity contribution in [2.45, 2.75) is 0 Å². The van der Waals surface area contributed by atoms with Gasteiger partial charge in [-0.05, 0) is 36.5 Å². The summed E-state index contributed by atoms with van der Waals surface area (Å²) >= 11 is 5.18. The van der Waals surface area contributed by atoms with Crippen LogP contribution < -0.4 is 10.2 Å². The summed E-state index contributed by atoms with van der Waals surface area (Å²) in [5.41, 5.74) is 0.593. The molecule has 2 aliphatic heterocycles. The molecule has 0 spiro atoms. The Balaban J connectivity index is 1.47. The lowest BCUT2D eigenvalue weighted by atomic mass is 10.1. The van der Waals surface area contributed by atoms with E-state index in [1.807, 2.05) is 11.0 Å². The van der Waals surface area contributed by atoms with E-state index < -0.39 is 11.8 Å². The van der Waals surface area contributed by atoms with E-state index in [0.717, 1.165) is 0 Å². The predicted octanol–water partition coefficient (Wildman–Crippen LogP) is 1.37. The molecule has 2 aromatic rings. The summed E-state index contributed by atoms with van der Waals surface area (Å²) in [5, 5.41) is 2.62. The van der Waals surface area contributed by atoms with Gasteiger partial charge in [-0.3, -0.25) is 24.6 Å². The molecule has 29 heavy (non-hydrogen) atoms. The minimum absolute atomic E-state index is 0.00765. The molecule has 9 heteroatoms. The van der Waals surface area contributed by atoms with Crippen LogP contribution in [0, 0.1) is 0 Å². The second kappa shape index (κ2) is 7.88. The van der Waals surface area contributed by atoms with E-state index in [1.54, 1.807) is 47.5 Å².